The largest absolute Gasteiger partial charge is 0.457 e. The van der Waals surface area contributed by atoms with Crippen molar-refractivity contribution in [1.29, 1.82) is 0 Å². The molecule has 7 heteroatoms. The van der Waals surface area contributed by atoms with Gasteiger partial charge in [0.05, 0.1) is 5.56 Å². The number of benzene rings is 2. The van der Waals surface area contributed by atoms with Crippen LogP contribution in [0.5, 0.6) is 17.2 Å². The Kier molecular flexibility index (Phi) is 5.35. The van der Waals surface area contributed by atoms with Gasteiger partial charge in [-0.1, -0.05) is 0 Å². The van der Waals surface area contributed by atoms with Crippen molar-refractivity contribution < 1.29 is 27.4 Å². The van der Waals surface area contributed by atoms with E-state index in [-0.39, 0.29) is 11.8 Å². The summed E-state index contributed by atoms with van der Waals surface area (Å²) in [4.78, 5) is 13.7. The second kappa shape index (κ2) is 7.68. The third-order valence-electron chi connectivity index (χ3n) is 4.06. The zero-order chi connectivity index (χ0) is 18.6. The summed E-state index contributed by atoms with van der Waals surface area (Å²) in [6.07, 6.45) is -1.66. The number of alkyl halides is 3. The molecule has 3 rings (SSSR count). The van der Waals surface area contributed by atoms with Crippen LogP contribution in [0, 0.1) is 0 Å². The fraction of sp³-hybridized carbons (Fsp3) is 0.316. The lowest BCUT2D eigenvalue weighted by Crippen LogP contribution is -2.37. The zero-order valence-corrected chi connectivity index (χ0v) is 14.0. The highest BCUT2D eigenvalue weighted by molar-refractivity contribution is 5.70. The number of carbonyl (C=O) groups excluding carboxylic acids is 1. The number of halogens is 3. The molecule has 138 valence electrons. The molecule has 0 unspecified atom stereocenters. The number of hydrogen-bond donors (Lipinski definition) is 0. The van der Waals surface area contributed by atoms with E-state index in [0.717, 1.165) is 31.4 Å². The van der Waals surface area contributed by atoms with Crippen LogP contribution < -0.4 is 9.47 Å². The third kappa shape index (κ3) is 4.68. The van der Waals surface area contributed by atoms with Crippen molar-refractivity contribution in [3.63, 3.8) is 0 Å². The summed E-state index contributed by atoms with van der Waals surface area (Å²) in [6, 6.07) is 10.8. The Balaban J connectivity index is 1.58. The molecule has 0 saturated carbocycles. The molecule has 1 amide bonds. The summed E-state index contributed by atoms with van der Waals surface area (Å²) in [5, 5.41) is 0. The summed E-state index contributed by atoms with van der Waals surface area (Å²) < 4.78 is 48.5. The lowest BCUT2D eigenvalue weighted by atomic mass is 10.1. The third-order valence-corrected chi connectivity index (χ3v) is 4.06. The molecule has 0 spiro atoms. The van der Waals surface area contributed by atoms with Crippen LogP contribution in [0.3, 0.4) is 0 Å². The Morgan fingerprint density at radius 3 is 1.85 bits per heavy atom. The maximum Gasteiger partial charge on any atom is 0.416 e. The quantitative estimate of drug-likeness (QED) is 0.723. The minimum atomic E-state index is -4.38. The van der Waals surface area contributed by atoms with Gasteiger partial charge in [-0.25, -0.2) is 4.79 Å². The fourth-order valence-electron chi connectivity index (χ4n) is 2.67. The summed E-state index contributed by atoms with van der Waals surface area (Å²) in [7, 11) is 0. The van der Waals surface area contributed by atoms with Crippen molar-refractivity contribution in [2.45, 2.75) is 25.4 Å². The molecule has 2 aromatic carbocycles. The van der Waals surface area contributed by atoms with E-state index in [1.807, 2.05) is 0 Å². The van der Waals surface area contributed by atoms with Crippen LogP contribution in [0.1, 0.15) is 24.8 Å². The normalized spacial score (nSPS) is 14.8. The van der Waals surface area contributed by atoms with Crippen LogP contribution >= 0.6 is 0 Å². The predicted molar refractivity (Wildman–Crippen MR) is 89.4 cm³/mol. The van der Waals surface area contributed by atoms with Gasteiger partial charge in [0.25, 0.3) is 0 Å². The zero-order valence-electron chi connectivity index (χ0n) is 14.0. The van der Waals surface area contributed by atoms with Crippen LogP contribution in [0.25, 0.3) is 0 Å². The second-order valence-electron chi connectivity index (χ2n) is 6.01. The van der Waals surface area contributed by atoms with Gasteiger partial charge in [-0.15, -0.1) is 0 Å². The Hall–Kier alpha value is -2.70. The smallest absolute Gasteiger partial charge is 0.416 e. The van der Waals surface area contributed by atoms with E-state index >= 15 is 0 Å². The number of amides is 1. The van der Waals surface area contributed by atoms with Crippen LogP contribution in [0.15, 0.2) is 48.5 Å². The van der Waals surface area contributed by atoms with E-state index in [0.29, 0.717) is 24.6 Å². The Morgan fingerprint density at radius 2 is 1.31 bits per heavy atom. The number of rotatable bonds is 3. The summed E-state index contributed by atoms with van der Waals surface area (Å²) in [5.74, 6) is 1.11. The molecule has 0 bridgehead atoms. The second-order valence-corrected chi connectivity index (χ2v) is 6.01. The first kappa shape index (κ1) is 18.1. The van der Waals surface area contributed by atoms with Crippen molar-refractivity contribution in [2.75, 3.05) is 13.1 Å². The molecule has 4 nitrogen and oxygen atoms in total. The molecular formula is C19H18F3NO3. The van der Waals surface area contributed by atoms with E-state index < -0.39 is 11.7 Å². The van der Waals surface area contributed by atoms with E-state index in [9.17, 15) is 18.0 Å². The number of piperidine rings is 1. The van der Waals surface area contributed by atoms with Crippen molar-refractivity contribution in [3.05, 3.63) is 54.1 Å². The molecule has 0 N–H and O–H groups in total. The molecule has 1 heterocycles. The van der Waals surface area contributed by atoms with Gasteiger partial charge in [0.15, 0.2) is 0 Å². The molecule has 26 heavy (non-hydrogen) atoms. The highest BCUT2D eigenvalue weighted by Gasteiger charge is 2.30. The predicted octanol–water partition coefficient (Wildman–Crippen LogP) is 5.48. The summed E-state index contributed by atoms with van der Waals surface area (Å²) in [5.41, 5.74) is -0.732. The van der Waals surface area contributed by atoms with Crippen LogP contribution in [-0.4, -0.2) is 24.1 Å². The number of carbonyl (C=O) groups is 1. The topological polar surface area (TPSA) is 38.8 Å². The summed E-state index contributed by atoms with van der Waals surface area (Å²) in [6.45, 7) is 1.40. The van der Waals surface area contributed by atoms with Gasteiger partial charge >= 0.3 is 12.3 Å². The first-order valence-electron chi connectivity index (χ1n) is 8.34. The standard InChI is InChI=1S/C19H18F3NO3/c20-19(21,22)14-4-6-15(7-5-14)25-16-8-10-17(11-9-16)26-18(24)23-12-2-1-3-13-23/h4-11H,1-3,12-13H2. The van der Waals surface area contributed by atoms with Gasteiger partial charge < -0.3 is 14.4 Å². The molecular weight excluding hydrogens is 347 g/mol. The molecule has 0 aromatic heterocycles. The molecule has 1 saturated heterocycles. The van der Waals surface area contributed by atoms with Crippen LogP contribution in [-0.2, 0) is 6.18 Å². The fourth-order valence-corrected chi connectivity index (χ4v) is 2.67. The molecule has 0 radical (unpaired) electrons. The van der Waals surface area contributed by atoms with E-state index in [4.69, 9.17) is 9.47 Å². The molecule has 2 aromatic rings. The van der Waals surface area contributed by atoms with Gasteiger partial charge in [-0.05, 0) is 67.8 Å². The van der Waals surface area contributed by atoms with Gasteiger partial charge in [-0.3, -0.25) is 0 Å². The average Bonchev–Trinajstić information content (AvgIpc) is 2.64. The van der Waals surface area contributed by atoms with E-state index in [1.54, 1.807) is 29.2 Å². The maximum atomic E-state index is 12.5. The summed E-state index contributed by atoms with van der Waals surface area (Å²) >= 11 is 0. The number of likely N-dealkylation sites (tertiary alicyclic amines) is 1. The minimum absolute atomic E-state index is 0.288. The first-order valence-corrected chi connectivity index (χ1v) is 8.34. The van der Waals surface area contributed by atoms with Crippen molar-refractivity contribution in [2.24, 2.45) is 0 Å². The SMILES string of the molecule is O=C(Oc1ccc(Oc2ccc(C(F)(F)F)cc2)cc1)N1CCCCC1. The average molecular weight is 365 g/mol. The Labute approximate surface area is 149 Å². The van der Waals surface area contributed by atoms with Crippen molar-refractivity contribution in [3.8, 4) is 17.2 Å². The van der Waals surface area contributed by atoms with Gasteiger partial charge in [-0.2, -0.15) is 13.2 Å². The maximum absolute atomic E-state index is 12.5. The first-order chi connectivity index (χ1) is 12.4. The van der Waals surface area contributed by atoms with Gasteiger partial charge in [0, 0.05) is 13.1 Å². The van der Waals surface area contributed by atoms with Crippen LogP contribution in [0.2, 0.25) is 0 Å². The van der Waals surface area contributed by atoms with E-state index in [1.165, 1.54) is 12.1 Å². The number of ether oxygens (including phenoxy) is 2. The Morgan fingerprint density at radius 1 is 0.808 bits per heavy atom. The lowest BCUT2D eigenvalue weighted by molar-refractivity contribution is -0.137. The van der Waals surface area contributed by atoms with Gasteiger partial charge in [0.2, 0.25) is 0 Å². The molecule has 1 aliphatic heterocycles. The van der Waals surface area contributed by atoms with Gasteiger partial charge in [0.1, 0.15) is 17.2 Å². The highest BCUT2D eigenvalue weighted by atomic mass is 19.4. The molecule has 1 fully saturated rings. The number of nitrogens with zero attached hydrogens (tertiary/aromatic N) is 1. The Bertz CT molecular complexity index is 736. The number of hydrogen-bond acceptors (Lipinski definition) is 3. The van der Waals surface area contributed by atoms with Crippen molar-refractivity contribution >= 4 is 6.09 Å². The lowest BCUT2D eigenvalue weighted by Gasteiger charge is -2.25. The minimum Gasteiger partial charge on any atom is -0.457 e. The van der Waals surface area contributed by atoms with E-state index in [2.05, 4.69) is 0 Å². The highest BCUT2D eigenvalue weighted by Crippen LogP contribution is 2.31. The monoisotopic (exact) mass is 365 g/mol. The van der Waals surface area contributed by atoms with Crippen molar-refractivity contribution in [1.82, 2.24) is 4.90 Å². The molecule has 1 aliphatic rings. The molecule has 0 atom stereocenters. The molecule has 0 aliphatic carbocycles. The van der Waals surface area contributed by atoms with Crippen LogP contribution in [0.4, 0.5) is 18.0 Å².